The first-order chi connectivity index (χ1) is 13.3. The van der Waals surface area contributed by atoms with Crippen LogP contribution < -0.4 is 5.32 Å². The molecular formula is C22H22N4O2. The van der Waals surface area contributed by atoms with E-state index in [2.05, 4.69) is 36.1 Å². The van der Waals surface area contributed by atoms with Gasteiger partial charge in [-0.2, -0.15) is 0 Å². The van der Waals surface area contributed by atoms with Crippen LogP contribution in [0.4, 0.5) is 0 Å². The number of imidazole rings is 1. The number of aliphatic imine (C=N–C) groups is 1. The Hall–Kier alpha value is -3.28. The Morgan fingerprint density at radius 3 is 2.82 bits per heavy atom. The number of fused-ring (bicyclic) bond motifs is 2. The third kappa shape index (κ3) is 3.45. The Morgan fingerprint density at radius 2 is 2.04 bits per heavy atom. The van der Waals surface area contributed by atoms with E-state index in [1.54, 1.807) is 23.0 Å². The van der Waals surface area contributed by atoms with E-state index < -0.39 is 0 Å². The van der Waals surface area contributed by atoms with Gasteiger partial charge in [-0.3, -0.25) is 9.59 Å². The fourth-order valence-electron chi connectivity index (χ4n) is 3.60. The van der Waals surface area contributed by atoms with Gasteiger partial charge in [0.1, 0.15) is 6.54 Å². The minimum absolute atomic E-state index is 0.00402. The number of hydrogen-bond acceptors (Lipinski definition) is 3. The quantitative estimate of drug-likeness (QED) is 0.877. The first-order valence-corrected chi connectivity index (χ1v) is 9.25. The zero-order valence-corrected chi connectivity index (χ0v) is 16.1. The van der Waals surface area contributed by atoms with Crippen LogP contribution in [0.5, 0.6) is 0 Å². The molecule has 1 unspecified atom stereocenters. The van der Waals surface area contributed by atoms with Gasteiger partial charge in [-0.05, 0) is 35.3 Å². The summed E-state index contributed by atoms with van der Waals surface area (Å²) < 4.78 is 1.78. The van der Waals surface area contributed by atoms with Crippen LogP contribution in [0.15, 0.2) is 71.2 Å². The van der Waals surface area contributed by atoms with Gasteiger partial charge < -0.3 is 9.88 Å². The van der Waals surface area contributed by atoms with Crippen LogP contribution in [-0.4, -0.2) is 27.1 Å². The summed E-state index contributed by atoms with van der Waals surface area (Å²) in [7, 11) is 0. The number of hydrogen-bond donors (Lipinski definition) is 1. The second-order valence-electron chi connectivity index (χ2n) is 8.07. The number of carbonyl (C=O) groups excluding carboxylic acids is 2. The summed E-state index contributed by atoms with van der Waals surface area (Å²) >= 11 is 0. The molecule has 0 spiro atoms. The molecule has 2 amide bonds. The van der Waals surface area contributed by atoms with Crippen molar-refractivity contribution in [1.82, 2.24) is 14.9 Å². The van der Waals surface area contributed by atoms with E-state index in [1.165, 1.54) is 0 Å². The maximum Gasteiger partial charge on any atom is 0.266 e. The lowest BCUT2D eigenvalue weighted by Crippen LogP contribution is -2.36. The molecule has 2 aliphatic rings. The van der Waals surface area contributed by atoms with Crippen LogP contribution in [0.25, 0.3) is 11.0 Å². The Labute approximate surface area is 163 Å². The number of allylic oxidation sites excluding steroid dienone is 3. The molecule has 1 aromatic carbocycles. The molecule has 0 radical (unpaired) electrons. The average molecular weight is 374 g/mol. The summed E-state index contributed by atoms with van der Waals surface area (Å²) in [4.78, 5) is 33.1. The van der Waals surface area contributed by atoms with Crippen molar-refractivity contribution in [2.45, 2.75) is 27.3 Å². The third-order valence-electron chi connectivity index (χ3n) is 4.94. The summed E-state index contributed by atoms with van der Waals surface area (Å²) in [6.07, 6.45) is 8.93. The van der Waals surface area contributed by atoms with E-state index >= 15 is 0 Å². The molecule has 1 aliphatic carbocycles. The summed E-state index contributed by atoms with van der Waals surface area (Å²) in [5.41, 5.74) is 3.97. The molecule has 1 N–H and O–H groups in total. The molecule has 2 heterocycles. The van der Waals surface area contributed by atoms with Gasteiger partial charge in [0, 0.05) is 17.7 Å². The molecule has 0 fully saturated rings. The zero-order valence-electron chi connectivity index (χ0n) is 16.1. The van der Waals surface area contributed by atoms with Gasteiger partial charge >= 0.3 is 0 Å². The maximum absolute atomic E-state index is 12.5. The second-order valence-corrected chi connectivity index (χ2v) is 8.07. The number of nitrogens with one attached hydrogen (secondary N) is 1. The number of aromatic nitrogens is 2. The number of rotatable bonds is 2. The summed E-state index contributed by atoms with van der Waals surface area (Å²) in [5.74, 6) is -0.408. The van der Waals surface area contributed by atoms with Crippen molar-refractivity contribution in [3.63, 3.8) is 0 Å². The minimum atomic E-state index is -0.271. The zero-order chi connectivity index (χ0) is 19.9. The minimum Gasteiger partial charge on any atom is -0.325 e. The van der Waals surface area contributed by atoms with Crippen LogP contribution in [0.2, 0.25) is 0 Å². The van der Waals surface area contributed by atoms with Crippen molar-refractivity contribution in [3.8, 4) is 0 Å². The normalized spacial score (nSPS) is 20.6. The smallest absolute Gasteiger partial charge is 0.266 e. The summed E-state index contributed by atoms with van der Waals surface area (Å²) in [6.45, 7) is 6.38. The van der Waals surface area contributed by atoms with E-state index in [4.69, 9.17) is 0 Å². The fourth-order valence-corrected chi connectivity index (χ4v) is 3.60. The summed E-state index contributed by atoms with van der Waals surface area (Å²) in [6, 6.07) is 7.66. The van der Waals surface area contributed by atoms with E-state index in [-0.39, 0.29) is 29.7 Å². The maximum atomic E-state index is 12.5. The molecule has 2 aromatic rings. The highest BCUT2D eigenvalue weighted by Crippen LogP contribution is 2.38. The number of para-hydroxylation sites is 2. The van der Waals surface area contributed by atoms with Gasteiger partial charge in [-0.25, -0.2) is 9.98 Å². The molecule has 1 atom stereocenters. The molecule has 1 aliphatic heterocycles. The lowest BCUT2D eigenvalue weighted by atomic mass is 9.74. The number of benzene rings is 1. The largest absolute Gasteiger partial charge is 0.325 e. The van der Waals surface area contributed by atoms with E-state index in [1.807, 2.05) is 36.4 Å². The van der Waals surface area contributed by atoms with Crippen molar-refractivity contribution in [3.05, 3.63) is 66.2 Å². The number of carbonyl (C=O) groups is 2. The first kappa shape index (κ1) is 18.1. The number of nitrogens with zero attached hydrogens (tertiary/aromatic N) is 3. The molecule has 0 saturated carbocycles. The Kier molecular flexibility index (Phi) is 4.34. The van der Waals surface area contributed by atoms with E-state index in [9.17, 15) is 9.59 Å². The average Bonchev–Trinajstić information content (AvgIpc) is 3.03. The Morgan fingerprint density at radius 1 is 1.25 bits per heavy atom. The number of amides is 2. The van der Waals surface area contributed by atoms with Crippen LogP contribution in [-0.2, 0) is 16.1 Å². The van der Waals surface area contributed by atoms with E-state index in [0.29, 0.717) is 5.71 Å². The van der Waals surface area contributed by atoms with Gasteiger partial charge in [0.05, 0.1) is 23.1 Å². The molecule has 0 bridgehead atoms. The highest BCUT2D eigenvalue weighted by molar-refractivity contribution is 6.11. The van der Waals surface area contributed by atoms with Crippen molar-refractivity contribution in [2.24, 2.45) is 16.3 Å². The molecule has 6 nitrogen and oxygen atoms in total. The first-order valence-electron chi connectivity index (χ1n) is 9.25. The SMILES string of the molecule is CC(C)(C)C1=CC(=O)NC2=CC(=NC(=O)Cn3cnc4ccccc43)C=CC21. The van der Waals surface area contributed by atoms with Crippen LogP contribution >= 0.6 is 0 Å². The van der Waals surface area contributed by atoms with Gasteiger partial charge in [0.15, 0.2) is 0 Å². The van der Waals surface area contributed by atoms with Gasteiger partial charge in [-0.1, -0.05) is 39.0 Å². The second kappa shape index (κ2) is 6.71. The van der Waals surface area contributed by atoms with Crippen LogP contribution in [0.1, 0.15) is 20.8 Å². The molecule has 4 rings (SSSR count). The van der Waals surface area contributed by atoms with Crippen molar-refractivity contribution >= 4 is 28.6 Å². The van der Waals surface area contributed by atoms with Crippen molar-refractivity contribution in [2.75, 3.05) is 0 Å². The van der Waals surface area contributed by atoms with Gasteiger partial charge in [-0.15, -0.1) is 0 Å². The Bertz CT molecular complexity index is 1090. The third-order valence-corrected chi connectivity index (χ3v) is 4.94. The monoisotopic (exact) mass is 374 g/mol. The van der Waals surface area contributed by atoms with E-state index in [0.717, 1.165) is 22.3 Å². The predicted octanol–water partition coefficient (Wildman–Crippen LogP) is 3.18. The predicted molar refractivity (Wildman–Crippen MR) is 109 cm³/mol. The Balaban J connectivity index is 1.56. The van der Waals surface area contributed by atoms with Crippen molar-refractivity contribution in [1.29, 1.82) is 0 Å². The molecule has 142 valence electrons. The standard InChI is InChI=1S/C22H22N4O2/c1-22(2,3)16-11-20(27)25-18-10-14(8-9-15(16)18)24-21(28)12-26-13-23-17-6-4-5-7-19(17)26/h4-11,13,15H,12H2,1-3H3,(H,25,27). The highest BCUT2D eigenvalue weighted by atomic mass is 16.2. The molecule has 0 saturated heterocycles. The molecule has 28 heavy (non-hydrogen) atoms. The molecule has 1 aromatic heterocycles. The topological polar surface area (TPSA) is 76.3 Å². The van der Waals surface area contributed by atoms with Gasteiger partial charge in [0.2, 0.25) is 5.91 Å². The highest BCUT2D eigenvalue weighted by Gasteiger charge is 2.32. The lowest BCUT2D eigenvalue weighted by molar-refractivity contribution is -0.118. The summed E-state index contributed by atoms with van der Waals surface area (Å²) in [5, 5.41) is 2.88. The van der Waals surface area contributed by atoms with Gasteiger partial charge in [0.25, 0.3) is 5.91 Å². The fraction of sp³-hybridized carbons (Fsp3) is 0.273. The lowest BCUT2D eigenvalue weighted by Gasteiger charge is -2.34. The molecule has 6 heteroatoms. The van der Waals surface area contributed by atoms with Crippen LogP contribution in [0.3, 0.4) is 0 Å². The molecular weight excluding hydrogens is 352 g/mol. The van der Waals surface area contributed by atoms with Crippen LogP contribution in [0, 0.1) is 11.3 Å². The van der Waals surface area contributed by atoms with Crippen molar-refractivity contribution < 1.29 is 9.59 Å².